The molecule has 0 unspecified atom stereocenters. The van der Waals surface area contributed by atoms with E-state index in [1.165, 1.54) is 17.6 Å². The minimum absolute atomic E-state index is 0.127. The Morgan fingerprint density at radius 1 is 1.14 bits per heavy atom. The second kappa shape index (κ2) is 7.61. The van der Waals surface area contributed by atoms with Crippen LogP contribution < -0.4 is 9.64 Å². The van der Waals surface area contributed by atoms with Gasteiger partial charge in [-0.2, -0.15) is 0 Å². The molecule has 0 heterocycles. The van der Waals surface area contributed by atoms with Crippen molar-refractivity contribution in [2.75, 3.05) is 27.7 Å². The van der Waals surface area contributed by atoms with Crippen LogP contribution in [0.5, 0.6) is 11.5 Å². The first kappa shape index (κ1) is 16.0. The molecule has 0 fully saturated rings. The minimum atomic E-state index is 0.127. The first-order chi connectivity index (χ1) is 10.6. The maximum absolute atomic E-state index is 10.1. The number of phenols is 1. The molecule has 2 N–H and O–H groups in total. The van der Waals surface area contributed by atoms with Gasteiger partial charge in [0.15, 0.2) is 11.5 Å². The van der Waals surface area contributed by atoms with E-state index in [1.54, 1.807) is 12.3 Å². The van der Waals surface area contributed by atoms with Crippen molar-refractivity contribution < 1.29 is 14.7 Å². The summed E-state index contributed by atoms with van der Waals surface area (Å²) in [7, 11) is 5.78. The molecule has 1 atom stereocenters. The summed E-state index contributed by atoms with van der Waals surface area (Å²) in [4.78, 5) is 5.83. The van der Waals surface area contributed by atoms with E-state index in [-0.39, 0.29) is 11.8 Å². The molecule has 0 saturated heterocycles. The number of rotatable bonds is 6. The molecule has 0 aliphatic carbocycles. The third kappa shape index (κ3) is 3.86. The minimum Gasteiger partial charge on any atom is -0.504 e. The topological polar surface area (TPSA) is 46.3 Å². The summed E-state index contributed by atoms with van der Waals surface area (Å²) < 4.78 is 5.10. The second-order valence-corrected chi connectivity index (χ2v) is 5.43. The van der Waals surface area contributed by atoms with Gasteiger partial charge in [-0.3, -0.25) is 4.99 Å². The first-order valence-corrected chi connectivity index (χ1v) is 7.34. The summed E-state index contributed by atoms with van der Waals surface area (Å²) in [5, 5.41) is 10.1. The second-order valence-electron chi connectivity index (χ2n) is 5.43. The Morgan fingerprint density at radius 2 is 1.86 bits per heavy atom. The fourth-order valence-electron chi connectivity index (χ4n) is 2.37. The Bertz CT molecular complexity index is 624. The first-order valence-electron chi connectivity index (χ1n) is 7.34. The van der Waals surface area contributed by atoms with Crippen LogP contribution in [-0.2, 0) is 0 Å². The van der Waals surface area contributed by atoms with Crippen LogP contribution in [0.1, 0.15) is 17.2 Å². The maximum Gasteiger partial charge on any atom is 0.166 e. The number of ether oxygens (including phenoxy) is 1. The molecule has 0 spiro atoms. The quantitative estimate of drug-likeness (QED) is 0.798. The highest BCUT2D eigenvalue weighted by Gasteiger charge is 2.16. The van der Waals surface area contributed by atoms with Crippen molar-refractivity contribution in [3.05, 3.63) is 59.7 Å². The highest BCUT2D eigenvalue weighted by atomic mass is 16.5. The normalized spacial score (nSPS) is 12.7. The van der Waals surface area contributed by atoms with Crippen LogP contribution in [0, 0.1) is 0 Å². The molecule has 0 bridgehead atoms. The predicted octanol–water partition coefficient (Wildman–Crippen LogP) is 1.71. The fourth-order valence-corrected chi connectivity index (χ4v) is 2.37. The average Bonchev–Trinajstić information content (AvgIpc) is 2.53. The summed E-state index contributed by atoms with van der Waals surface area (Å²) >= 11 is 0. The number of phenolic OH excluding ortho intramolecular Hbond substituents is 1. The number of aliphatic imine (C=N–C) groups is 1. The van der Waals surface area contributed by atoms with Crippen molar-refractivity contribution >= 4 is 6.21 Å². The number of aromatic hydroxyl groups is 1. The van der Waals surface area contributed by atoms with Gasteiger partial charge in [0.2, 0.25) is 0 Å². The SMILES string of the molecule is COc1cccc(C=NC[C@@H](c2ccccc2)[NH+](C)C)c1O. The van der Waals surface area contributed by atoms with Crippen molar-refractivity contribution in [2.24, 2.45) is 4.99 Å². The number of hydrogen-bond donors (Lipinski definition) is 2. The summed E-state index contributed by atoms with van der Waals surface area (Å²) in [6, 6.07) is 16.0. The highest BCUT2D eigenvalue weighted by molar-refractivity contribution is 5.84. The Hall–Kier alpha value is -2.33. The third-order valence-electron chi connectivity index (χ3n) is 3.67. The molecule has 4 heteroatoms. The van der Waals surface area contributed by atoms with Crippen molar-refractivity contribution in [1.82, 2.24) is 0 Å². The number of nitrogens with one attached hydrogen (secondary N) is 1. The fraction of sp³-hybridized carbons (Fsp3) is 0.278. The van der Waals surface area contributed by atoms with Gasteiger partial charge >= 0.3 is 0 Å². The van der Waals surface area contributed by atoms with Crippen molar-refractivity contribution in [1.29, 1.82) is 0 Å². The van der Waals surface area contributed by atoms with Crippen LogP contribution in [-0.4, -0.2) is 39.1 Å². The van der Waals surface area contributed by atoms with Crippen LogP contribution in [0.2, 0.25) is 0 Å². The Kier molecular flexibility index (Phi) is 5.55. The standard InChI is InChI=1S/C18H22N2O2/c1-20(2)16(14-8-5-4-6-9-14)13-19-12-15-10-7-11-17(22-3)18(15)21/h4-12,16,21H,13H2,1-3H3/p+1/t16-/m0/s1. The zero-order chi connectivity index (χ0) is 15.9. The number of para-hydroxylation sites is 1. The van der Waals surface area contributed by atoms with Gasteiger partial charge in [-0.1, -0.05) is 36.4 Å². The molecule has 0 saturated carbocycles. The van der Waals surface area contributed by atoms with Gasteiger partial charge in [0.1, 0.15) is 6.04 Å². The lowest BCUT2D eigenvalue weighted by molar-refractivity contribution is -0.890. The van der Waals surface area contributed by atoms with E-state index in [0.717, 1.165) is 0 Å². The van der Waals surface area contributed by atoms with Crippen LogP contribution in [0.25, 0.3) is 0 Å². The van der Waals surface area contributed by atoms with Gasteiger partial charge < -0.3 is 14.7 Å². The molecule has 0 amide bonds. The summed E-state index contributed by atoms with van der Waals surface area (Å²) in [6.45, 7) is 0.656. The summed E-state index contributed by atoms with van der Waals surface area (Å²) in [6.07, 6.45) is 1.71. The van der Waals surface area contributed by atoms with E-state index in [2.05, 4.69) is 31.2 Å². The zero-order valence-corrected chi connectivity index (χ0v) is 13.3. The van der Waals surface area contributed by atoms with Crippen LogP contribution in [0.4, 0.5) is 0 Å². The van der Waals surface area contributed by atoms with Crippen LogP contribution >= 0.6 is 0 Å². The molecule has 0 aliphatic heterocycles. The van der Waals surface area contributed by atoms with Gasteiger partial charge in [0, 0.05) is 17.3 Å². The predicted molar refractivity (Wildman–Crippen MR) is 89.1 cm³/mol. The van der Waals surface area contributed by atoms with Gasteiger partial charge in [0.25, 0.3) is 0 Å². The van der Waals surface area contributed by atoms with Crippen molar-refractivity contribution in [3.8, 4) is 11.5 Å². The molecule has 2 aromatic rings. The number of nitrogens with zero attached hydrogens (tertiary/aromatic N) is 1. The third-order valence-corrected chi connectivity index (χ3v) is 3.67. The average molecular weight is 299 g/mol. The van der Waals surface area contributed by atoms with Gasteiger partial charge in [0.05, 0.1) is 27.7 Å². The van der Waals surface area contributed by atoms with E-state index in [9.17, 15) is 5.11 Å². The summed E-state index contributed by atoms with van der Waals surface area (Å²) in [5.41, 5.74) is 1.93. The number of likely N-dealkylation sites (N-methyl/N-ethyl adjacent to an activating group) is 1. The molecule has 2 aromatic carbocycles. The Balaban J connectivity index is 2.13. The molecule has 4 nitrogen and oxygen atoms in total. The van der Waals surface area contributed by atoms with E-state index in [4.69, 9.17) is 4.74 Å². The van der Waals surface area contributed by atoms with Gasteiger partial charge in [-0.05, 0) is 12.1 Å². The van der Waals surface area contributed by atoms with Gasteiger partial charge in [-0.25, -0.2) is 0 Å². The molecular formula is C18H23N2O2+. The monoisotopic (exact) mass is 299 g/mol. The number of benzene rings is 2. The Labute approximate surface area is 131 Å². The molecule has 0 aliphatic rings. The zero-order valence-electron chi connectivity index (χ0n) is 13.3. The molecular weight excluding hydrogens is 276 g/mol. The van der Waals surface area contributed by atoms with Crippen LogP contribution in [0.3, 0.4) is 0 Å². The molecule has 22 heavy (non-hydrogen) atoms. The number of methoxy groups -OCH3 is 1. The lowest BCUT2D eigenvalue weighted by atomic mass is 10.1. The Morgan fingerprint density at radius 3 is 2.50 bits per heavy atom. The lowest BCUT2D eigenvalue weighted by Crippen LogP contribution is -3.06. The smallest absolute Gasteiger partial charge is 0.166 e. The lowest BCUT2D eigenvalue weighted by Gasteiger charge is -2.19. The van der Waals surface area contributed by atoms with Gasteiger partial charge in [-0.15, -0.1) is 0 Å². The largest absolute Gasteiger partial charge is 0.504 e. The van der Waals surface area contributed by atoms with Crippen LogP contribution in [0.15, 0.2) is 53.5 Å². The van der Waals surface area contributed by atoms with E-state index >= 15 is 0 Å². The number of quaternary nitrogens is 1. The highest BCUT2D eigenvalue weighted by Crippen LogP contribution is 2.28. The van der Waals surface area contributed by atoms with E-state index in [0.29, 0.717) is 17.9 Å². The molecule has 116 valence electrons. The van der Waals surface area contributed by atoms with Crippen molar-refractivity contribution in [3.63, 3.8) is 0 Å². The van der Waals surface area contributed by atoms with Crippen molar-refractivity contribution in [2.45, 2.75) is 6.04 Å². The van der Waals surface area contributed by atoms with E-state index < -0.39 is 0 Å². The molecule has 0 aromatic heterocycles. The number of hydrogen-bond acceptors (Lipinski definition) is 3. The molecule has 2 rings (SSSR count). The molecule has 0 radical (unpaired) electrons. The summed E-state index contributed by atoms with van der Waals surface area (Å²) in [5.74, 6) is 0.587. The van der Waals surface area contributed by atoms with E-state index in [1.807, 2.05) is 30.3 Å². The maximum atomic E-state index is 10.1.